The number of Topliss-reactive ketones (excluding diaryl/α,β-unsaturated/α-hetero) is 1. The van der Waals surface area contributed by atoms with Gasteiger partial charge in [-0.1, -0.05) is 48.5 Å². The Hall–Kier alpha value is -2.95. The van der Waals surface area contributed by atoms with Crippen molar-refractivity contribution in [3.63, 3.8) is 0 Å². The number of rotatable bonds is 5. The van der Waals surface area contributed by atoms with Gasteiger partial charge in [0.1, 0.15) is 0 Å². The van der Waals surface area contributed by atoms with Crippen molar-refractivity contribution in [3.05, 3.63) is 70.8 Å². The molecule has 2 aromatic carbocycles. The molecule has 0 radical (unpaired) electrons. The molecule has 1 saturated heterocycles. The van der Waals surface area contributed by atoms with Crippen molar-refractivity contribution in [2.24, 2.45) is 23.2 Å². The number of hydrogen-bond acceptors (Lipinski definition) is 3. The number of benzene rings is 2. The van der Waals surface area contributed by atoms with Crippen molar-refractivity contribution in [3.8, 4) is 0 Å². The molecule has 7 rings (SSSR count). The van der Waals surface area contributed by atoms with E-state index in [-0.39, 0.29) is 23.7 Å². The number of amides is 3. The minimum Gasteiger partial charge on any atom is -0.315 e. The molecule has 0 unspecified atom stereocenters. The number of nitrogens with zero attached hydrogens (tertiary/aromatic N) is 1. The predicted molar refractivity (Wildman–Crippen MR) is 129 cm³/mol. The van der Waals surface area contributed by atoms with Gasteiger partial charge in [-0.2, -0.15) is 0 Å². The van der Waals surface area contributed by atoms with Gasteiger partial charge in [0.15, 0.2) is 11.3 Å². The van der Waals surface area contributed by atoms with Crippen LogP contribution in [0.1, 0.15) is 60.8 Å². The van der Waals surface area contributed by atoms with Crippen LogP contribution in [0.5, 0.6) is 0 Å². The molecule has 5 aliphatic rings. The highest BCUT2D eigenvalue weighted by Gasteiger charge is 2.58. The quantitative estimate of drug-likeness (QED) is 0.652. The summed E-state index contributed by atoms with van der Waals surface area (Å²) < 4.78 is 0. The first-order valence-electron chi connectivity index (χ1n) is 12.6. The van der Waals surface area contributed by atoms with E-state index in [1.54, 1.807) is 0 Å². The van der Waals surface area contributed by atoms with E-state index in [4.69, 9.17) is 0 Å². The number of nitrogens with one attached hydrogen (secondary N) is 1. The molecule has 4 aliphatic carbocycles. The summed E-state index contributed by atoms with van der Waals surface area (Å²) in [6.07, 6.45) is 6.55. The molecule has 0 spiro atoms. The highest BCUT2D eigenvalue weighted by molar-refractivity contribution is 6.11. The summed E-state index contributed by atoms with van der Waals surface area (Å²) in [6, 6.07) is 14.8. The SMILES string of the molecule is Cc1ccc([C@]2(c3ccccc3)NC(=O)N(CC(=O)C34CC5CC(CC(C5)C3)C4)C2=O)cc1C. The lowest BCUT2D eigenvalue weighted by Crippen LogP contribution is -2.53. The zero-order valence-electron chi connectivity index (χ0n) is 20.0. The normalized spacial score (nSPS) is 33.9. The van der Waals surface area contributed by atoms with Crippen molar-refractivity contribution >= 4 is 17.7 Å². The van der Waals surface area contributed by atoms with Gasteiger partial charge in [-0.15, -0.1) is 0 Å². The summed E-state index contributed by atoms with van der Waals surface area (Å²) in [4.78, 5) is 42.3. The maximum Gasteiger partial charge on any atom is 0.325 e. The zero-order valence-corrected chi connectivity index (χ0v) is 20.0. The minimum absolute atomic E-state index is 0.0825. The average molecular weight is 457 g/mol. The van der Waals surface area contributed by atoms with E-state index >= 15 is 0 Å². The second-order valence-corrected chi connectivity index (χ2v) is 11.4. The van der Waals surface area contributed by atoms with Crippen LogP contribution >= 0.6 is 0 Å². The van der Waals surface area contributed by atoms with Crippen LogP contribution in [-0.2, 0) is 15.1 Å². The second kappa shape index (κ2) is 7.53. The van der Waals surface area contributed by atoms with E-state index in [2.05, 4.69) is 5.32 Å². The Morgan fingerprint density at radius 1 is 0.882 bits per heavy atom. The van der Waals surface area contributed by atoms with Gasteiger partial charge in [0.2, 0.25) is 0 Å². The lowest BCUT2D eigenvalue weighted by Gasteiger charge is -2.56. The van der Waals surface area contributed by atoms with Crippen molar-refractivity contribution in [2.45, 2.75) is 57.9 Å². The Balaban J connectivity index is 1.35. The Morgan fingerprint density at radius 3 is 2.09 bits per heavy atom. The summed E-state index contributed by atoms with van der Waals surface area (Å²) in [5, 5.41) is 3.01. The average Bonchev–Trinajstić information content (AvgIpc) is 3.06. The molecule has 5 heteroatoms. The second-order valence-electron chi connectivity index (χ2n) is 11.4. The highest BCUT2D eigenvalue weighted by Crippen LogP contribution is 2.60. The van der Waals surface area contributed by atoms with Crippen LogP contribution in [0.3, 0.4) is 0 Å². The number of carbonyl (C=O) groups excluding carboxylic acids is 3. The number of hydrogen-bond donors (Lipinski definition) is 1. The van der Waals surface area contributed by atoms with Gasteiger partial charge < -0.3 is 5.32 Å². The molecular weight excluding hydrogens is 424 g/mol. The van der Waals surface area contributed by atoms with Crippen molar-refractivity contribution in [1.29, 1.82) is 0 Å². The third kappa shape index (κ3) is 3.09. The Kier molecular flexibility index (Phi) is 4.78. The maximum atomic E-state index is 14.1. The lowest BCUT2D eigenvalue weighted by molar-refractivity contribution is -0.147. The van der Waals surface area contributed by atoms with Crippen LogP contribution in [0.25, 0.3) is 0 Å². The third-order valence-electron chi connectivity index (χ3n) is 9.18. The Bertz CT molecular complexity index is 1150. The summed E-state index contributed by atoms with van der Waals surface area (Å²) in [5.74, 6) is 1.64. The van der Waals surface area contributed by atoms with Gasteiger partial charge in [0.25, 0.3) is 5.91 Å². The van der Waals surface area contributed by atoms with Gasteiger partial charge >= 0.3 is 6.03 Å². The van der Waals surface area contributed by atoms with Gasteiger partial charge in [-0.05, 0) is 92.4 Å². The number of imide groups is 1. The zero-order chi connectivity index (χ0) is 23.7. The van der Waals surface area contributed by atoms with Crippen LogP contribution < -0.4 is 5.32 Å². The van der Waals surface area contributed by atoms with Crippen LogP contribution in [0, 0.1) is 37.0 Å². The molecular formula is C29H32N2O3. The first-order valence-corrected chi connectivity index (χ1v) is 12.6. The summed E-state index contributed by atoms with van der Waals surface area (Å²) in [7, 11) is 0. The predicted octanol–water partition coefficient (Wildman–Crippen LogP) is 4.88. The summed E-state index contributed by atoms with van der Waals surface area (Å²) >= 11 is 0. The molecule has 1 heterocycles. The number of ketones is 1. The minimum atomic E-state index is -1.32. The number of aryl methyl sites for hydroxylation is 2. The largest absolute Gasteiger partial charge is 0.325 e. The van der Waals surface area contributed by atoms with E-state index in [1.165, 1.54) is 24.2 Å². The van der Waals surface area contributed by atoms with Crippen molar-refractivity contribution in [2.75, 3.05) is 6.54 Å². The highest BCUT2D eigenvalue weighted by atomic mass is 16.2. The fourth-order valence-corrected chi connectivity index (χ4v) is 7.70. The lowest BCUT2D eigenvalue weighted by atomic mass is 9.48. The Morgan fingerprint density at radius 2 is 1.50 bits per heavy atom. The molecule has 5 nitrogen and oxygen atoms in total. The van der Waals surface area contributed by atoms with Crippen molar-refractivity contribution in [1.82, 2.24) is 10.2 Å². The topological polar surface area (TPSA) is 66.5 Å². The maximum absolute atomic E-state index is 14.1. The van der Waals surface area contributed by atoms with Gasteiger partial charge in [-0.25, -0.2) is 4.79 Å². The van der Waals surface area contributed by atoms with E-state index < -0.39 is 11.6 Å². The smallest absolute Gasteiger partial charge is 0.315 e. The molecule has 1 atom stereocenters. The molecule has 1 N–H and O–H groups in total. The fourth-order valence-electron chi connectivity index (χ4n) is 7.70. The summed E-state index contributed by atoms with van der Waals surface area (Å²) in [6.45, 7) is 3.91. The van der Waals surface area contributed by atoms with E-state index in [1.807, 2.05) is 62.4 Å². The van der Waals surface area contributed by atoms with Crippen LogP contribution in [0.4, 0.5) is 4.79 Å². The first-order chi connectivity index (χ1) is 16.3. The Labute approximate surface area is 200 Å². The van der Waals surface area contributed by atoms with Gasteiger partial charge in [0, 0.05) is 5.41 Å². The monoisotopic (exact) mass is 456 g/mol. The van der Waals surface area contributed by atoms with Crippen LogP contribution in [0.15, 0.2) is 48.5 Å². The number of urea groups is 1. The van der Waals surface area contributed by atoms with E-state index in [0.717, 1.165) is 36.0 Å². The summed E-state index contributed by atoms with van der Waals surface area (Å²) in [5.41, 5.74) is 1.95. The molecule has 176 valence electrons. The molecule has 4 saturated carbocycles. The molecule has 2 aromatic rings. The third-order valence-corrected chi connectivity index (χ3v) is 9.18. The standard InChI is InChI=1S/C29H32N2O3/c1-18-8-9-24(10-19(18)2)29(23-6-4-3-5-7-23)26(33)31(27(34)30-29)17-25(32)28-14-20-11-21(15-28)13-22(12-20)16-28/h3-10,20-22H,11-17H2,1-2H3,(H,30,34)/t20?,21?,22?,28?,29-/m0/s1. The van der Waals surface area contributed by atoms with Gasteiger partial charge in [0.05, 0.1) is 6.54 Å². The van der Waals surface area contributed by atoms with Crippen LogP contribution in [0.2, 0.25) is 0 Å². The first kappa shape index (κ1) is 21.6. The molecule has 5 fully saturated rings. The molecule has 1 aliphatic heterocycles. The number of carbonyl (C=O) groups is 3. The molecule has 4 bridgehead atoms. The molecule has 0 aromatic heterocycles. The van der Waals surface area contributed by atoms with E-state index in [0.29, 0.717) is 23.3 Å². The van der Waals surface area contributed by atoms with E-state index in [9.17, 15) is 14.4 Å². The van der Waals surface area contributed by atoms with Crippen molar-refractivity contribution < 1.29 is 14.4 Å². The molecule has 3 amide bonds. The van der Waals surface area contributed by atoms with Gasteiger partial charge in [-0.3, -0.25) is 14.5 Å². The fraction of sp³-hybridized carbons (Fsp3) is 0.483. The van der Waals surface area contributed by atoms with Crippen LogP contribution in [-0.4, -0.2) is 29.2 Å². The molecule has 34 heavy (non-hydrogen) atoms.